The molecule has 7 nitrogen and oxygen atoms in total. The standard InChI is InChI=1S/C25H31ClN6O/c1-17-14-18(2)32(29-17)13-11-23(33)31-12-5-6-20(16-31)24-22(15-27-25(28-24)30(3)4)19-7-9-21(26)10-8-19/h7-10,14-15,20H,5-6,11-13,16H2,1-4H3. The van der Waals surface area contributed by atoms with Crippen molar-refractivity contribution in [1.29, 1.82) is 0 Å². The predicted octanol–water partition coefficient (Wildman–Crippen LogP) is 4.47. The van der Waals surface area contributed by atoms with E-state index < -0.39 is 0 Å². The first kappa shape index (κ1) is 23.2. The number of nitrogens with zero attached hydrogens (tertiary/aromatic N) is 6. The Balaban J connectivity index is 1.55. The number of aryl methyl sites for hydroxylation is 3. The number of carbonyl (C=O) groups excluding carboxylic acids is 1. The summed E-state index contributed by atoms with van der Waals surface area (Å²) in [6.07, 6.45) is 4.29. The maximum atomic E-state index is 13.1. The molecule has 0 radical (unpaired) electrons. The molecule has 0 aliphatic carbocycles. The minimum atomic E-state index is 0.156. The number of likely N-dealkylation sites (tertiary alicyclic amines) is 1. The van der Waals surface area contributed by atoms with Crippen LogP contribution >= 0.6 is 11.6 Å². The third kappa shape index (κ3) is 5.36. The third-order valence-corrected chi connectivity index (χ3v) is 6.41. The quantitative estimate of drug-likeness (QED) is 0.536. The molecule has 1 saturated heterocycles. The van der Waals surface area contributed by atoms with E-state index in [1.54, 1.807) is 0 Å². The van der Waals surface area contributed by atoms with Crippen molar-refractivity contribution in [2.24, 2.45) is 0 Å². The molecule has 33 heavy (non-hydrogen) atoms. The van der Waals surface area contributed by atoms with Crippen LogP contribution in [-0.4, -0.2) is 57.7 Å². The highest BCUT2D eigenvalue weighted by molar-refractivity contribution is 6.30. The highest BCUT2D eigenvalue weighted by Gasteiger charge is 2.28. The van der Waals surface area contributed by atoms with Crippen LogP contribution < -0.4 is 4.90 Å². The van der Waals surface area contributed by atoms with Crippen LogP contribution in [0.4, 0.5) is 5.95 Å². The summed E-state index contributed by atoms with van der Waals surface area (Å²) >= 11 is 6.11. The molecule has 0 N–H and O–H groups in total. The number of amides is 1. The van der Waals surface area contributed by atoms with E-state index in [9.17, 15) is 4.79 Å². The molecule has 1 aliphatic heterocycles. The third-order valence-electron chi connectivity index (χ3n) is 6.16. The van der Waals surface area contributed by atoms with E-state index in [1.807, 2.05) is 79.0 Å². The Labute approximate surface area is 200 Å². The molecule has 1 atom stereocenters. The van der Waals surface area contributed by atoms with Gasteiger partial charge in [0.25, 0.3) is 0 Å². The van der Waals surface area contributed by atoms with E-state index >= 15 is 0 Å². The van der Waals surface area contributed by atoms with E-state index in [2.05, 4.69) is 10.1 Å². The van der Waals surface area contributed by atoms with Crippen LogP contribution in [0.3, 0.4) is 0 Å². The first-order valence-corrected chi connectivity index (χ1v) is 11.8. The highest BCUT2D eigenvalue weighted by atomic mass is 35.5. The summed E-state index contributed by atoms with van der Waals surface area (Å²) in [7, 11) is 3.88. The molecule has 174 valence electrons. The van der Waals surface area contributed by atoms with Gasteiger partial charge < -0.3 is 9.80 Å². The molecule has 1 aromatic carbocycles. The highest BCUT2D eigenvalue weighted by Crippen LogP contribution is 2.34. The maximum absolute atomic E-state index is 13.1. The van der Waals surface area contributed by atoms with Gasteiger partial charge >= 0.3 is 0 Å². The lowest BCUT2D eigenvalue weighted by atomic mass is 9.89. The van der Waals surface area contributed by atoms with Crippen molar-refractivity contribution in [2.75, 3.05) is 32.1 Å². The lowest BCUT2D eigenvalue weighted by Gasteiger charge is -2.33. The molecule has 0 bridgehead atoms. The van der Waals surface area contributed by atoms with Crippen molar-refractivity contribution in [3.8, 4) is 11.1 Å². The fourth-order valence-corrected chi connectivity index (χ4v) is 4.58. The molecule has 4 rings (SSSR count). The van der Waals surface area contributed by atoms with E-state index in [0.717, 1.165) is 47.6 Å². The van der Waals surface area contributed by atoms with E-state index in [-0.39, 0.29) is 11.8 Å². The Morgan fingerprint density at radius 1 is 1.21 bits per heavy atom. The lowest BCUT2D eigenvalue weighted by molar-refractivity contribution is -0.132. The average Bonchev–Trinajstić information content (AvgIpc) is 3.14. The van der Waals surface area contributed by atoms with Crippen molar-refractivity contribution in [2.45, 2.75) is 45.6 Å². The van der Waals surface area contributed by atoms with Crippen LogP contribution in [0.25, 0.3) is 11.1 Å². The van der Waals surface area contributed by atoms with Gasteiger partial charge in [-0.05, 0) is 50.5 Å². The molecule has 1 fully saturated rings. The minimum Gasteiger partial charge on any atom is -0.347 e. The summed E-state index contributed by atoms with van der Waals surface area (Å²) in [6.45, 7) is 6.06. The number of carbonyl (C=O) groups is 1. The summed E-state index contributed by atoms with van der Waals surface area (Å²) in [5.74, 6) is 1.00. The molecule has 3 heterocycles. The van der Waals surface area contributed by atoms with Gasteiger partial charge in [-0.3, -0.25) is 9.48 Å². The predicted molar refractivity (Wildman–Crippen MR) is 132 cm³/mol. The smallest absolute Gasteiger partial charge is 0.225 e. The monoisotopic (exact) mass is 466 g/mol. The SMILES string of the molecule is Cc1cc(C)n(CCC(=O)N2CCCC(c3nc(N(C)C)ncc3-c3ccc(Cl)cc3)C2)n1. The van der Waals surface area contributed by atoms with Crippen molar-refractivity contribution in [3.63, 3.8) is 0 Å². The number of benzene rings is 1. The molecular formula is C25H31ClN6O. The maximum Gasteiger partial charge on any atom is 0.225 e. The zero-order valence-corrected chi connectivity index (χ0v) is 20.5. The Morgan fingerprint density at radius 2 is 1.97 bits per heavy atom. The molecule has 1 unspecified atom stereocenters. The molecule has 2 aromatic heterocycles. The van der Waals surface area contributed by atoms with Gasteiger partial charge in [0.2, 0.25) is 11.9 Å². The van der Waals surface area contributed by atoms with Crippen LogP contribution in [-0.2, 0) is 11.3 Å². The topological polar surface area (TPSA) is 67.2 Å². The van der Waals surface area contributed by atoms with E-state index in [4.69, 9.17) is 16.6 Å². The number of anilines is 1. The van der Waals surface area contributed by atoms with Gasteiger partial charge in [-0.15, -0.1) is 0 Å². The molecule has 1 aliphatic rings. The van der Waals surface area contributed by atoms with Gasteiger partial charge in [-0.2, -0.15) is 5.10 Å². The van der Waals surface area contributed by atoms with Gasteiger partial charge in [0, 0.05) is 68.5 Å². The first-order chi connectivity index (χ1) is 15.8. The van der Waals surface area contributed by atoms with Crippen molar-refractivity contribution in [3.05, 3.63) is 58.6 Å². The summed E-state index contributed by atoms with van der Waals surface area (Å²) in [5.41, 5.74) is 5.09. The van der Waals surface area contributed by atoms with Crippen molar-refractivity contribution in [1.82, 2.24) is 24.6 Å². The first-order valence-electron chi connectivity index (χ1n) is 11.4. The number of halogens is 1. The van der Waals surface area contributed by atoms with Crippen molar-refractivity contribution >= 4 is 23.5 Å². The summed E-state index contributed by atoms with van der Waals surface area (Å²) < 4.78 is 1.92. The van der Waals surface area contributed by atoms with E-state index in [0.29, 0.717) is 30.5 Å². The minimum absolute atomic E-state index is 0.156. The number of hydrogen-bond donors (Lipinski definition) is 0. The van der Waals surface area contributed by atoms with Crippen LogP contribution in [0.5, 0.6) is 0 Å². The second kappa shape index (κ2) is 9.91. The molecule has 8 heteroatoms. The normalized spacial score (nSPS) is 16.2. The Kier molecular flexibility index (Phi) is 6.98. The summed E-state index contributed by atoms with van der Waals surface area (Å²) in [6, 6.07) is 9.81. The number of piperidine rings is 1. The Hall–Kier alpha value is -2.93. The van der Waals surface area contributed by atoms with E-state index in [1.165, 1.54) is 0 Å². The Bertz CT molecular complexity index is 1120. The average molecular weight is 467 g/mol. The van der Waals surface area contributed by atoms with Crippen molar-refractivity contribution < 1.29 is 4.79 Å². The lowest BCUT2D eigenvalue weighted by Crippen LogP contribution is -2.40. The molecule has 3 aromatic rings. The number of hydrogen-bond acceptors (Lipinski definition) is 5. The molecule has 0 spiro atoms. The summed E-state index contributed by atoms with van der Waals surface area (Å²) in [4.78, 5) is 26.4. The molecule has 0 saturated carbocycles. The van der Waals surface area contributed by atoms with Gasteiger partial charge in [-0.25, -0.2) is 9.97 Å². The zero-order chi connectivity index (χ0) is 23.5. The van der Waals surface area contributed by atoms with Gasteiger partial charge in [0.05, 0.1) is 11.4 Å². The van der Waals surface area contributed by atoms with Crippen LogP contribution in [0.2, 0.25) is 5.02 Å². The largest absolute Gasteiger partial charge is 0.347 e. The fraction of sp³-hybridized carbons (Fsp3) is 0.440. The zero-order valence-electron chi connectivity index (χ0n) is 19.8. The van der Waals surface area contributed by atoms with Gasteiger partial charge in [0.1, 0.15) is 0 Å². The fourth-order valence-electron chi connectivity index (χ4n) is 4.45. The van der Waals surface area contributed by atoms with Gasteiger partial charge in [-0.1, -0.05) is 23.7 Å². The Morgan fingerprint density at radius 3 is 2.64 bits per heavy atom. The summed E-state index contributed by atoms with van der Waals surface area (Å²) in [5, 5.41) is 5.18. The number of rotatable bonds is 6. The number of aromatic nitrogens is 4. The molecular weight excluding hydrogens is 436 g/mol. The molecule has 1 amide bonds. The second-order valence-electron chi connectivity index (χ2n) is 8.95. The van der Waals surface area contributed by atoms with Crippen LogP contribution in [0.1, 0.15) is 42.3 Å². The second-order valence-corrected chi connectivity index (χ2v) is 9.39. The van der Waals surface area contributed by atoms with Gasteiger partial charge in [0.15, 0.2) is 0 Å². The van der Waals surface area contributed by atoms with Crippen LogP contribution in [0, 0.1) is 13.8 Å². The van der Waals surface area contributed by atoms with Crippen LogP contribution in [0.15, 0.2) is 36.5 Å².